The summed E-state index contributed by atoms with van der Waals surface area (Å²) < 4.78 is 12.3. The van der Waals surface area contributed by atoms with Gasteiger partial charge in [-0.25, -0.2) is 9.97 Å². The Morgan fingerprint density at radius 3 is 2.38 bits per heavy atom. The maximum Gasteiger partial charge on any atom is 0.223 e. The molecule has 172 valence electrons. The van der Waals surface area contributed by atoms with Gasteiger partial charge in [0.25, 0.3) is 0 Å². The van der Waals surface area contributed by atoms with E-state index in [1.54, 1.807) is 17.5 Å². The molecule has 0 unspecified atom stereocenters. The molecule has 4 atom stereocenters. The lowest BCUT2D eigenvalue weighted by Gasteiger charge is -2.18. The fraction of sp³-hybridized carbons (Fsp3) is 0.259. The molecule has 6 rings (SSSR count). The fourth-order valence-corrected chi connectivity index (χ4v) is 5.34. The molecule has 2 aromatic carbocycles. The standard InChI is InChI=1S/C27H26N4O2S/c1-2-5-19(6-3-1)20-10-8-18(9-11-20)15-29-22-16-32-26-23(17-33-25(22)26)31-27-28-13-12-21(30-27)24-7-4-14-34-24/h1-14,22-23,25-26,29H,15-17H2,(H,28,30,31)/t22-,23-,25+,26+/m0/s1. The van der Waals surface area contributed by atoms with E-state index in [1.807, 2.05) is 18.2 Å². The predicted octanol–water partition coefficient (Wildman–Crippen LogP) is 4.61. The third-order valence-electron chi connectivity index (χ3n) is 6.43. The quantitative estimate of drug-likeness (QED) is 0.411. The molecule has 7 heteroatoms. The van der Waals surface area contributed by atoms with Crippen LogP contribution in [0.1, 0.15) is 5.56 Å². The number of hydrogen-bond donors (Lipinski definition) is 2. The molecule has 0 amide bonds. The molecule has 0 aliphatic carbocycles. The number of anilines is 1. The van der Waals surface area contributed by atoms with Gasteiger partial charge in [-0.3, -0.25) is 0 Å². The van der Waals surface area contributed by atoms with Crippen LogP contribution in [-0.4, -0.2) is 47.5 Å². The third-order valence-corrected chi connectivity index (χ3v) is 7.32. The summed E-state index contributed by atoms with van der Waals surface area (Å²) in [6, 6.07) is 25.4. The Hall–Kier alpha value is -3.10. The van der Waals surface area contributed by atoms with Crippen LogP contribution in [0.2, 0.25) is 0 Å². The highest BCUT2D eigenvalue weighted by Gasteiger charge is 2.47. The molecule has 2 aromatic heterocycles. The van der Waals surface area contributed by atoms with Gasteiger partial charge in [-0.1, -0.05) is 60.7 Å². The third kappa shape index (κ3) is 4.48. The van der Waals surface area contributed by atoms with E-state index in [9.17, 15) is 0 Å². The van der Waals surface area contributed by atoms with Gasteiger partial charge in [0.2, 0.25) is 5.95 Å². The molecule has 0 bridgehead atoms. The van der Waals surface area contributed by atoms with E-state index >= 15 is 0 Å². The van der Waals surface area contributed by atoms with Gasteiger partial charge in [0.05, 0.1) is 35.9 Å². The molecule has 2 N–H and O–H groups in total. The monoisotopic (exact) mass is 470 g/mol. The van der Waals surface area contributed by atoms with Crippen molar-refractivity contribution in [2.24, 2.45) is 0 Å². The molecule has 2 saturated heterocycles. The van der Waals surface area contributed by atoms with Crippen LogP contribution in [-0.2, 0) is 16.0 Å². The first-order chi connectivity index (χ1) is 16.8. The molecule has 0 radical (unpaired) electrons. The van der Waals surface area contributed by atoms with Gasteiger partial charge >= 0.3 is 0 Å². The second-order valence-electron chi connectivity index (χ2n) is 8.64. The molecule has 2 fully saturated rings. The largest absolute Gasteiger partial charge is 0.371 e. The number of aromatic nitrogens is 2. The maximum absolute atomic E-state index is 6.14. The van der Waals surface area contributed by atoms with Crippen molar-refractivity contribution in [3.8, 4) is 21.7 Å². The predicted molar refractivity (Wildman–Crippen MR) is 135 cm³/mol. The van der Waals surface area contributed by atoms with Crippen molar-refractivity contribution in [1.29, 1.82) is 0 Å². The van der Waals surface area contributed by atoms with Crippen LogP contribution in [0, 0.1) is 0 Å². The van der Waals surface area contributed by atoms with Gasteiger partial charge in [0, 0.05) is 12.7 Å². The summed E-state index contributed by atoms with van der Waals surface area (Å²) in [5, 5.41) is 9.12. The molecule has 34 heavy (non-hydrogen) atoms. The highest BCUT2D eigenvalue weighted by molar-refractivity contribution is 7.13. The molecule has 4 aromatic rings. The van der Waals surface area contributed by atoms with E-state index in [0.717, 1.165) is 17.1 Å². The minimum atomic E-state index is -0.0213. The first-order valence-corrected chi connectivity index (χ1v) is 12.5. The van der Waals surface area contributed by atoms with Crippen molar-refractivity contribution in [1.82, 2.24) is 15.3 Å². The van der Waals surface area contributed by atoms with Crippen molar-refractivity contribution in [3.63, 3.8) is 0 Å². The zero-order valence-electron chi connectivity index (χ0n) is 18.6. The highest BCUT2D eigenvalue weighted by Crippen LogP contribution is 2.30. The molecule has 6 nitrogen and oxygen atoms in total. The summed E-state index contributed by atoms with van der Waals surface area (Å²) in [6.07, 6.45) is 1.79. The molecule has 2 aliphatic rings. The van der Waals surface area contributed by atoms with E-state index in [4.69, 9.17) is 9.47 Å². The first kappa shape index (κ1) is 21.4. The number of nitrogens with zero attached hydrogens (tertiary/aromatic N) is 2. The van der Waals surface area contributed by atoms with E-state index in [2.05, 4.69) is 80.6 Å². The maximum atomic E-state index is 6.14. The molecule has 4 heterocycles. The van der Waals surface area contributed by atoms with Crippen molar-refractivity contribution in [2.75, 3.05) is 18.5 Å². The van der Waals surface area contributed by atoms with E-state index < -0.39 is 0 Å². The smallest absolute Gasteiger partial charge is 0.223 e. The SMILES string of the molecule is c1ccc(-c2ccc(CN[C@H]3CO[C@H]4[C@@H]3OC[C@@H]4Nc3nccc(-c4cccs4)n3)cc2)cc1. The number of ether oxygens (including phenoxy) is 2. The van der Waals surface area contributed by atoms with Crippen molar-refractivity contribution in [2.45, 2.75) is 30.8 Å². The Bertz CT molecular complexity index is 1220. The zero-order valence-corrected chi connectivity index (χ0v) is 19.4. The second kappa shape index (κ2) is 9.64. The lowest BCUT2D eigenvalue weighted by atomic mass is 10.0. The van der Waals surface area contributed by atoms with E-state index in [0.29, 0.717) is 19.2 Å². The normalized spacial score (nSPS) is 23.6. The Labute approximate surface area is 203 Å². The second-order valence-corrected chi connectivity index (χ2v) is 9.59. The van der Waals surface area contributed by atoms with Crippen LogP contribution in [0.25, 0.3) is 21.7 Å². The van der Waals surface area contributed by atoms with Crippen LogP contribution >= 0.6 is 11.3 Å². The molecule has 0 spiro atoms. The Morgan fingerprint density at radius 2 is 1.59 bits per heavy atom. The average molecular weight is 471 g/mol. The summed E-state index contributed by atoms with van der Waals surface area (Å²) in [7, 11) is 0. The Morgan fingerprint density at radius 1 is 0.824 bits per heavy atom. The van der Waals surface area contributed by atoms with E-state index in [1.165, 1.54) is 16.7 Å². The fourth-order valence-electron chi connectivity index (χ4n) is 4.65. The summed E-state index contributed by atoms with van der Waals surface area (Å²) in [5.74, 6) is 0.610. The van der Waals surface area contributed by atoms with Crippen LogP contribution < -0.4 is 10.6 Å². The summed E-state index contributed by atoms with van der Waals surface area (Å²) >= 11 is 1.67. The highest BCUT2D eigenvalue weighted by atomic mass is 32.1. The number of thiophene rings is 1. The van der Waals surface area contributed by atoms with Crippen LogP contribution in [0.5, 0.6) is 0 Å². The number of nitrogens with one attached hydrogen (secondary N) is 2. The summed E-state index contributed by atoms with van der Waals surface area (Å²) in [4.78, 5) is 10.2. The number of benzene rings is 2. The van der Waals surface area contributed by atoms with Crippen molar-refractivity contribution < 1.29 is 9.47 Å². The van der Waals surface area contributed by atoms with Crippen LogP contribution in [0.4, 0.5) is 5.95 Å². The molecular weight excluding hydrogens is 444 g/mol. The van der Waals surface area contributed by atoms with E-state index in [-0.39, 0.29) is 24.3 Å². The first-order valence-electron chi connectivity index (χ1n) is 11.6. The minimum Gasteiger partial charge on any atom is -0.371 e. The topological polar surface area (TPSA) is 68.3 Å². The summed E-state index contributed by atoms with van der Waals surface area (Å²) in [5.41, 5.74) is 4.63. The Balaban J connectivity index is 1.05. The van der Waals surface area contributed by atoms with Crippen molar-refractivity contribution in [3.05, 3.63) is 89.9 Å². The number of rotatable bonds is 7. The number of hydrogen-bond acceptors (Lipinski definition) is 7. The van der Waals surface area contributed by atoms with Gasteiger partial charge in [-0.15, -0.1) is 11.3 Å². The van der Waals surface area contributed by atoms with Gasteiger partial charge in [-0.05, 0) is 34.2 Å². The zero-order chi connectivity index (χ0) is 22.7. The van der Waals surface area contributed by atoms with Gasteiger partial charge in [0.1, 0.15) is 12.2 Å². The summed E-state index contributed by atoms with van der Waals surface area (Å²) in [6.45, 7) is 1.98. The minimum absolute atomic E-state index is 0.0153. The van der Waals surface area contributed by atoms with Crippen LogP contribution in [0.3, 0.4) is 0 Å². The van der Waals surface area contributed by atoms with Crippen LogP contribution in [0.15, 0.2) is 84.4 Å². The van der Waals surface area contributed by atoms with Gasteiger partial charge < -0.3 is 20.1 Å². The molecule has 0 saturated carbocycles. The number of fused-ring (bicyclic) bond motifs is 1. The molecular formula is C27H26N4O2S. The molecule has 2 aliphatic heterocycles. The van der Waals surface area contributed by atoms with Gasteiger partial charge in [0.15, 0.2) is 0 Å². The Kier molecular flexibility index (Phi) is 6.08. The lowest BCUT2D eigenvalue weighted by Crippen LogP contribution is -2.41. The lowest BCUT2D eigenvalue weighted by molar-refractivity contribution is 0.0675. The average Bonchev–Trinajstić information content (AvgIpc) is 3.64. The van der Waals surface area contributed by atoms with Gasteiger partial charge in [-0.2, -0.15) is 0 Å². The van der Waals surface area contributed by atoms with Crippen molar-refractivity contribution >= 4 is 17.3 Å².